The maximum atomic E-state index is 10.1. The second-order valence-electron chi connectivity index (χ2n) is 2.09. The summed E-state index contributed by atoms with van der Waals surface area (Å²) in [5.41, 5.74) is 5.10. The molecule has 0 amide bonds. The predicted molar refractivity (Wildman–Crippen MR) is 34.6 cm³/mol. The van der Waals surface area contributed by atoms with Gasteiger partial charge in [0.2, 0.25) is 0 Å². The Hall–Kier alpha value is -0.130. The molecule has 0 aliphatic carbocycles. The number of hydrogen-bond donors (Lipinski definition) is 2. The molecule has 0 aromatic rings. The lowest BCUT2D eigenvalue weighted by Gasteiger charge is -2.02. The van der Waals surface area contributed by atoms with Crippen molar-refractivity contribution in [2.45, 2.75) is 6.92 Å². The van der Waals surface area contributed by atoms with Crippen LogP contribution in [0.4, 0.5) is 0 Å². The van der Waals surface area contributed by atoms with Gasteiger partial charge >= 0.3 is 0 Å². The molecule has 0 radical (unpaired) electrons. The molecule has 0 saturated carbocycles. The van der Waals surface area contributed by atoms with Crippen LogP contribution in [0.5, 0.6) is 0 Å². The quantitative estimate of drug-likeness (QED) is 0.534. The van der Waals surface area contributed by atoms with Crippen LogP contribution in [0.15, 0.2) is 0 Å². The average molecular weight is 153 g/mol. The topological polar surface area (TPSA) is 80.4 Å². The van der Waals surface area contributed by atoms with Crippen molar-refractivity contribution in [2.75, 3.05) is 12.3 Å². The fourth-order valence-corrected chi connectivity index (χ4v) is 1.28. The maximum Gasteiger partial charge on any atom is 0.265 e. The van der Waals surface area contributed by atoms with Crippen molar-refractivity contribution in [3.8, 4) is 0 Å². The van der Waals surface area contributed by atoms with E-state index in [1.54, 1.807) is 6.92 Å². The van der Waals surface area contributed by atoms with Gasteiger partial charge in [0.05, 0.1) is 5.75 Å². The summed E-state index contributed by atoms with van der Waals surface area (Å²) in [7, 11) is -3.82. The predicted octanol–water partition coefficient (Wildman–Crippen LogP) is -0.531. The molecule has 4 nitrogen and oxygen atoms in total. The second-order valence-corrected chi connectivity index (χ2v) is 3.59. The van der Waals surface area contributed by atoms with E-state index in [9.17, 15) is 8.42 Å². The van der Waals surface area contributed by atoms with Gasteiger partial charge in [-0.3, -0.25) is 4.55 Å². The molecule has 0 heterocycles. The van der Waals surface area contributed by atoms with Crippen molar-refractivity contribution >= 4 is 10.1 Å². The van der Waals surface area contributed by atoms with Crippen LogP contribution in [-0.2, 0) is 10.1 Å². The summed E-state index contributed by atoms with van der Waals surface area (Å²) < 4.78 is 28.4. The van der Waals surface area contributed by atoms with Gasteiger partial charge in [0, 0.05) is 0 Å². The number of hydrogen-bond acceptors (Lipinski definition) is 3. The zero-order valence-electron chi connectivity index (χ0n) is 5.24. The van der Waals surface area contributed by atoms with Crippen molar-refractivity contribution in [2.24, 2.45) is 11.7 Å². The first-order chi connectivity index (χ1) is 3.95. The lowest BCUT2D eigenvalue weighted by atomic mass is 10.2. The van der Waals surface area contributed by atoms with E-state index in [0.717, 1.165) is 0 Å². The first kappa shape index (κ1) is 8.87. The fraction of sp³-hybridized carbons (Fsp3) is 1.00. The van der Waals surface area contributed by atoms with Crippen molar-refractivity contribution < 1.29 is 13.0 Å². The summed E-state index contributed by atoms with van der Waals surface area (Å²) in [6, 6.07) is 0. The van der Waals surface area contributed by atoms with E-state index in [0.29, 0.717) is 0 Å². The first-order valence-electron chi connectivity index (χ1n) is 2.61. The molecule has 5 heteroatoms. The Labute approximate surface area is 54.8 Å². The highest BCUT2D eigenvalue weighted by Gasteiger charge is 2.09. The van der Waals surface area contributed by atoms with Crippen LogP contribution in [-0.4, -0.2) is 25.3 Å². The van der Waals surface area contributed by atoms with E-state index in [1.807, 2.05) is 0 Å². The minimum atomic E-state index is -3.82. The Balaban J connectivity index is 3.75. The molecule has 56 valence electrons. The van der Waals surface area contributed by atoms with Gasteiger partial charge in [-0.25, -0.2) is 0 Å². The molecule has 1 atom stereocenters. The van der Waals surface area contributed by atoms with E-state index in [1.165, 1.54) is 0 Å². The molecule has 0 aliphatic rings. The van der Waals surface area contributed by atoms with Crippen molar-refractivity contribution in [1.29, 1.82) is 0 Å². The molecule has 0 bridgehead atoms. The Morgan fingerprint density at radius 2 is 2.11 bits per heavy atom. The van der Waals surface area contributed by atoms with Gasteiger partial charge in [-0.2, -0.15) is 8.42 Å². The van der Waals surface area contributed by atoms with E-state index in [-0.39, 0.29) is 18.2 Å². The van der Waals surface area contributed by atoms with Crippen LogP contribution in [0.3, 0.4) is 0 Å². The Morgan fingerprint density at radius 1 is 1.67 bits per heavy atom. The van der Waals surface area contributed by atoms with Crippen LogP contribution in [0, 0.1) is 5.92 Å². The summed E-state index contributed by atoms with van der Waals surface area (Å²) in [6.45, 7) is 1.94. The molecule has 0 fully saturated rings. The minimum Gasteiger partial charge on any atom is -0.330 e. The molecule has 3 N–H and O–H groups in total. The maximum absolute atomic E-state index is 10.1. The number of nitrogens with two attached hydrogens (primary N) is 1. The SMILES string of the molecule is CC(CN)CS(=O)(=O)O. The third-order valence-corrected chi connectivity index (χ3v) is 1.89. The molecule has 9 heavy (non-hydrogen) atoms. The zero-order chi connectivity index (χ0) is 7.49. The molecular formula is C4H11NO3S. The summed E-state index contributed by atoms with van der Waals surface area (Å²) in [5.74, 6) is -0.413. The van der Waals surface area contributed by atoms with Gasteiger partial charge in [0.1, 0.15) is 0 Å². The monoisotopic (exact) mass is 153 g/mol. The highest BCUT2D eigenvalue weighted by molar-refractivity contribution is 7.85. The third kappa shape index (κ3) is 5.75. The molecule has 0 aromatic carbocycles. The van der Waals surface area contributed by atoms with E-state index < -0.39 is 10.1 Å². The zero-order valence-corrected chi connectivity index (χ0v) is 6.06. The third-order valence-electron chi connectivity index (χ3n) is 0.898. The van der Waals surface area contributed by atoms with Gasteiger partial charge in [0.15, 0.2) is 0 Å². The minimum absolute atomic E-state index is 0.167. The van der Waals surface area contributed by atoms with E-state index >= 15 is 0 Å². The first-order valence-corrected chi connectivity index (χ1v) is 4.22. The van der Waals surface area contributed by atoms with Crippen LogP contribution < -0.4 is 5.73 Å². The average Bonchev–Trinajstić information content (AvgIpc) is 1.62. The number of rotatable bonds is 3. The van der Waals surface area contributed by atoms with E-state index in [4.69, 9.17) is 10.3 Å². The van der Waals surface area contributed by atoms with Crippen LogP contribution in [0.25, 0.3) is 0 Å². The lowest BCUT2D eigenvalue weighted by Crippen LogP contribution is -2.20. The molecule has 0 aromatic heterocycles. The van der Waals surface area contributed by atoms with Gasteiger partial charge in [0.25, 0.3) is 10.1 Å². The highest BCUT2D eigenvalue weighted by Crippen LogP contribution is 1.95. The van der Waals surface area contributed by atoms with E-state index in [2.05, 4.69) is 0 Å². The van der Waals surface area contributed by atoms with Crippen LogP contribution in [0.1, 0.15) is 6.92 Å². The Kier molecular flexibility index (Phi) is 3.10. The standard InChI is InChI=1S/C4H11NO3S/c1-4(2-5)3-9(6,7)8/h4H,2-3,5H2,1H3,(H,6,7,8). The molecule has 0 saturated heterocycles. The molecule has 0 rings (SSSR count). The molecule has 0 aliphatic heterocycles. The molecule has 1 unspecified atom stereocenters. The van der Waals surface area contributed by atoms with Gasteiger partial charge in [-0.05, 0) is 12.5 Å². The van der Waals surface area contributed by atoms with Crippen molar-refractivity contribution in [1.82, 2.24) is 0 Å². The summed E-state index contributed by atoms with van der Waals surface area (Å²) in [4.78, 5) is 0. The largest absolute Gasteiger partial charge is 0.330 e. The normalized spacial score (nSPS) is 15.4. The van der Waals surface area contributed by atoms with Gasteiger partial charge < -0.3 is 5.73 Å². The van der Waals surface area contributed by atoms with Gasteiger partial charge in [-0.15, -0.1) is 0 Å². The van der Waals surface area contributed by atoms with Crippen LogP contribution >= 0.6 is 0 Å². The summed E-state index contributed by atoms with van der Waals surface area (Å²) in [5, 5.41) is 0. The second kappa shape index (κ2) is 3.14. The summed E-state index contributed by atoms with van der Waals surface area (Å²) in [6.07, 6.45) is 0. The smallest absolute Gasteiger partial charge is 0.265 e. The van der Waals surface area contributed by atoms with Gasteiger partial charge in [-0.1, -0.05) is 6.92 Å². The summed E-state index contributed by atoms with van der Waals surface area (Å²) >= 11 is 0. The highest BCUT2D eigenvalue weighted by atomic mass is 32.2. The molecule has 0 spiro atoms. The Bertz CT molecular complexity index is 163. The Morgan fingerprint density at radius 3 is 2.22 bits per heavy atom. The molecular weight excluding hydrogens is 142 g/mol. The van der Waals surface area contributed by atoms with Crippen molar-refractivity contribution in [3.05, 3.63) is 0 Å². The lowest BCUT2D eigenvalue weighted by molar-refractivity contribution is 0.470. The fourth-order valence-electron chi connectivity index (χ4n) is 0.428. The van der Waals surface area contributed by atoms with Crippen molar-refractivity contribution in [3.63, 3.8) is 0 Å². The van der Waals surface area contributed by atoms with Crippen LogP contribution in [0.2, 0.25) is 0 Å².